The highest BCUT2D eigenvalue weighted by atomic mass is 32.2. The van der Waals surface area contributed by atoms with Crippen molar-refractivity contribution in [3.05, 3.63) is 95.4 Å². The first-order valence-corrected chi connectivity index (χ1v) is 11.7. The first kappa shape index (κ1) is 24.0. The highest BCUT2D eigenvalue weighted by Gasteiger charge is 2.23. The normalized spacial score (nSPS) is 11.5. The third-order valence-electron chi connectivity index (χ3n) is 4.79. The number of benzene rings is 3. The molecule has 3 aromatic rings. The molecule has 3 rings (SSSR count). The summed E-state index contributed by atoms with van der Waals surface area (Å²) in [6, 6.07) is 23.2. The average Bonchev–Trinajstić information content (AvgIpc) is 2.83. The quantitative estimate of drug-likeness (QED) is 0.485. The molecule has 1 N–H and O–H groups in total. The molecule has 0 radical (unpaired) electrons. The Morgan fingerprint density at radius 1 is 0.939 bits per heavy atom. The SMILES string of the molecule is COc1ccc(OC)c(NC(=O)CN(Cc2ccccc2)S(=O)(=O)/C=C/c2ccccc2)c1. The van der Waals surface area contributed by atoms with Gasteiger partial charge in [-0.05, 0) is 29.3 Å². The van der Waals surface area contributed by atoms with Crippen LogP contribution in [0.15, 0.2) is 84.3 Å². The summed E-state index contributed by atoms with van der Waals surface area (Å²) in [6.07, 6.45) is 1.51. The summed E-state index contributed by atoms with van der Waals surface area (Å²) < 4.78 is 37.9. The van der Waals surface area contributed by atoms with Gasteiger partial charge in [0.25, 0.3) is 0 Å². The highest BCUT2D eigenvalue weighted by Crippen LogP contribution is 2.29. The molecule has 8 heteroatoms. The van der Waals surface area contributed by atoms with Crippen LogP contribution in [0.4, 0.5) is 5.69 Å². The van der Waals surface area contributed by atoms with Gasteiger partial charge in [0.15, 0.2) is 0 Å². The molecule has 0 spiro atoms. The smallest absolute Gasteiger partial charge is 0.239 e. The van der Waals surface area contributed by atoms with Gasteiger partial charge in [0.1, 0.15) is 11.5 Å². The molecule has 0 saturated heterocycles. The second-order valence-electron chi connectivity index (χ2n) is 7.13. The van der Waals surface area contributed by atoms with Crippen LogP contribution >= 0.6 is 0 Å². The van der Waals surface area contributed by atoms with E-state index in [-0.39, 0.29) is 13.1 Å². The lowest BCUT2D eigenvalue weighted by molar-refractivity contribution is -0.116. The summed E-state index contributed by atoms with van der Waals surface area (Å²) in [7, 11) is -0.900. The molecule has 0 saturated carbocycles. The van der Waals surface area contributed by atoms with Crippen LogP contribution in [-0.2, 0) is 21.4 Å². The summed E-state index contributed by atoms with van der Waals surface area (Å²) in [5.41, 5.74) is 1.89. The van der Waals surface area contributed by atoms with E-state index in [1.165, 1.54) is 20.3 Å². The van der Waals surface area contributed by atoms with Crippen molar-refractivity contribution in [1.29, 1.82) is 0 Å². The van der Waals surface area contributed by atoms with E-state index in [0.717, 1.165) is 20.8 Å². The van der Waals surface area contributed by atoms with Gasteiger partial charge in [0, 0.05) is 18.0 Å². The van der Waals surface area contributed by atoms with E-state index in [9.17, 15) is 13.2 Å². The fourth-order valence-electron chi connectivity index (χ4n) is 3.10. The molecule has 7 nitrogen and oxygen atoms in total. The van der Waals surface area contributed by atoms with Gasteiger partial charge < -0.3 is 14.8 Å². The second-order valence-corrected chi connectivity index (χ2v) is 8.94. The number of carbonyl (C=O) groups is 1. The van der Waals surface area contributed by atoms with Crippen molar-refractivity contribution in [3.63, 3.8) is 0 Å². The molecule has 172 valence electrons. The summed E-state index contributed by atoms with van der Waals surface area (Å²) in [5.74, 6) is 0.463. The maximum absolute atomic E-state index is 13.1. The standard InChI is InChI=1S/C25H26N2O5S/c1-31-22-13-14-24(32-2)23(17-22)26-25(28)19-27(18-21-11-7-4-8-12-21)33(29,30)16-15-20-9-5-3-6-10-20/h3-17H,18-19H2,1-2H3,(H,26,28)/b16-15+. The van der Waals surface area contributed by atoms with Crippen molar-refractivity contribution in [2.24, 2.45) is 0 Å². The van der Waals surface area contributed by atoms with Gasteiger partial charge in [-0.15, -0.1) is 0 Å². The number of methoxy groups -OCH3 is 2. The lowest BCUT2D eigenvalue weighted by Gasteiger charge is -2.20. The Morgan fingerprint density at radius 3 is 2.24 bits per heavy atom. The van der Waals surface area contributed by atoms with Crippen LogP contribution in [0.3, 0.4) is 0 Å². The first-order valence-electron chi connectivity index (χ1n) is 10.2. The molecule has 0 bridgehead atoms. The number of hydrogen-bond donors (Lipinski definition) is 1. The van der Waals surface area contributed by atoms with Gasteiger partial charge in [-0.25, -0.2) is 8.42 Å². The van der Waals surface area contributed by atoms with Crippen molar-refractivity contribution < 1.29 is 22.7 Å². The van der Waals surface area contributed by atoms with Crippen molar-refractivity contribution in [2.45, 2.75) is 6.54 Å². The number of amides is 1. The summed E-state index contributed by atoms with van der Waals surface area (Å²) >= 11 is 0. The third-order valence-corrected chi connectivity index (χ3v) is 6.25. The maximum Gasteiger partial charge on any atom is 0.239 e. The number of nitrogens with one attached hydrogen (secondary N) is 1. The highest BCUT2D eigenvalue weighted by molar-refractivity contribution is 7.92. The summed E-state index contributed by atoms with van der Waals surface area (Å²) in [6.45, 7) is -0.332. The lowest BCUT2D eigenvalue weighted by Crippen LogP contribution is -2.36. The van der Waals surface area contributed by atoms with E-state index in [1.807, 2.05) is 48.5 Å². The van der Waals surface area contributed by atoms with Crippen molar-refractivity contribution in [1.82, 2.24) is 4.31 Å². The Labute approximate surface area is 194 Å². The maximum atomic E-state index is 13.1. The van der Waals surface area contributed by atoms with Gasteiger partial charge in [-0.1, -0.05) is 60.7 Å². The molecule has 0 aliphatic rings. The molecule has 0 aliphatic heterocycles. The number of nitrogens with zero attached hydrogens (tertiary/aromatic N) is 1. The van der Waals surface area contributed by atoms with Crippen LogP contribution in [0.5, 0.6) is 11.5 Å². The molecule has 0 atom stereocenters. The van der Waals surface area contributed by atoms with E-state index < -0.39 is 15.9 Å². The molecule has 1 amide bonds. The molecule has 0 heterocycles. The summed E-state index contributed by atoms with van der Waals surface area (Å²) in [4.78, 5) is 12.9. The molecule has 0 unspecified atom stereocenters. The van der Waals surface area contributed by atoms with Crippen LogP contribution in [0.1, 0.15) is 11.1 Å². The Balaban J connectivity index is 1.84. The molecular formula is C25H26N2O5S. The fourth-order valence-corrected chi connectivity index (χ4v) is 4.23. The molecule has 0 aliphatic carbocycles. The first-order chi connectivity index (χ1) is 15.9. The largest absolute Gasteiger partial charge is 0.497 e. The molecule has 0 aromatic heterocycles. The van der Waals surface area contributed by atoms with Gasteiger partial charge in [0.05, 0.1) is 26.5 Å². The minimum atomic E-state index is -3.90. The zero-order chi connectivity index (χ0) is 23.7. The second kappa shape index (κ2) is 11.3. The van der Waals surface area contributed by atoms with Crippen LogP contribution in [-0.4, -0.2) is 39.4 Å². The number of hydrogen-bond acceptors (Lipinski definition) is 5. The average molecular weight is 467 g/mol. The topological polar surface area (TPSA) is 84.9 Å². The Kier molecular flexibility index (Phi) is 8.23. The van der Waals surface area contributed by atoms with E-state index in [0.29, 0.717) is 17.2 Å². The number of sulfonamides is 1. The summed E-state index contributed by atoms with van der Waals surface area (Å²) in [5, 5.41) is 3.84. The minimum Gasteiger partial charge on any atom is -0.497 e. The third kappa shape index (κ3) is 6.93. The van der Waals surface area contributed by atoms with Gasteiger partial charge in [-0.3, -0.25) is 4.79 Å². The number of anilines is 1. The lowest BCUT2D eigenvalue weighted by atomic mass is 10.2. The van der Waals surface area contributed by atoms with Crippen molar-refractivity contribution in [2.75, 3.05) is 26.1 Å². The van der Waals surface area contributed by atoms with E-state index >= 15 is 0 Å². The monoisotopic (exact) mass is 466 g/mol. The molecule has 3 aromatic carbocycles. The van der Waals surface area contributed by atoms with Crippen LogP contribution in [0.2, 0.25) is 0 Å². The zero-order valence-corrected chi connectivity index (χ0v) is 19.3. The predicted molar refractivity (Wildman–Crippen MR) is 129 cm³/mol. The number of rotatable bonds is 10. The van der Waals surface area contributed by atoms with Gasteiger partial charge in [0.2, 0.25) is 15.9 Å². The number of carbonyl (C=O) groups excluding carboxylic acids is 1. The fraction of sp³-hybridized carbons (Fsp3) is 0.160. The minimum absolute atomic E-state index is 0.0466. The van der Waals surface area contributed by atoms with Gasteiger partial charge in [-0.2, -0.15) is 4.31 Å². The Morgan fingerprint density at radius 2 is 1.61 bits per heavy atom. The van der Waals surface area contributed by atoms with Crippen LogP contribution in [0.25, 0.3) is 6.08 Å². The van der Waals surface area contributed by atoms with E-state index in [4.69, 9.17) is 9.47 Å². The molecular weight excluding hydrogens is 440 g/mol. The predicted octanol–water partition coefficient (Wildman–Crippen LogP) is 4.15. The van der Waals surface area contributed by atoms with Crippen LogP contribution in [0, 0.1) is 0 Å². The van der Waals surface area contributed by atoms with E-state index in [1.54, 1.807) is 30.3 Å². The Bertz CT molecular complexity index is 1200. The van der Waals surface area contributed by atoms with E-state index in [2.05, 4.69) is 5.32 Å². The molecule has 0 fully saturated rings. The van der Waals surface area contributed by atoms with Crippen LogP contribution < -0.4 is 14.8 Å². The van der Waals surface area contributed by atoms with Crippen molar-refractivity contribution in [3.8, 4) is 11.5 Å². The van der Waals surface area contributed by atoms with Gasteiger partial charge >= 0.3 is 0 Å². The number of ether oxygens (including phenoxy) is 2. The Hall–Kier alpha value is -3.62. The molecule has 33 heavy (non-hydrogen) atoms. The van der Waals surface area contributed by atoms with Crippen molar-refractivity contribution >= 4 is 27.7 Å². The zero-order valence-electron chi connectivity index (χ0n) is 18.5.